The van der Waals surface area contributed by atoms with Crippen LogP contribution in [0.15, 0.2) is 48.8 Å². The quantitative estimate of drug-likeness (QED) is 0.845. The lowest BCUT2D eigenvalue weighted by molar-refractivity contribution is -0.136. The fourth-order valence-electron chi connectivity index (χ4n) is 1.86. The highest BCUT2D eigenvalue weighted by molar-refractivity contribution is 6.39. The van der Waals surface area contributed by atoms with Crippen molar-refractivity contribution in [1.82, 2.24) is 10.3 Å². The number of pyridine rings is 1. The van der Waals surface area contributed by atoms with Crippen molar-refractivity contribution in [3.63, 3.8) is 0 Å². The van der Waals surface area contributed by atoms with Crippen LogP contribution in [0.2, 0.25) is 0 Å². The standard InChI is InChI=1S/C16H17N3O3/c1-11(12-5-7-14(22-2)8-6-12)18-15(20)16(21)19-13-4-3-9-17-10-13/h3-11H,1-2H3,(H,18,20)(H,19,21). The monoisotopic (exact) mass is 299 g/mol. The molecule has 1 aromatic heterocycles. The van der Waals surface area contributed by atoms with Gasteiger partial charge in [-0.25, -0.2) is 0 Å². The Kier molecular flexibility index (Phi) is 5.08. The fraction of sp³-hybridized carbons (Fsp3) is 0.188. The van der Waals surface area contributed by atoms with Crippen LogP contribution in [-0.4, -0.2) is 23.9 Å². The molecule has 2 rings (SSSR count). The molecule has 0 bridgehead atoms. The fourth-order valence-corrected chi connectivity index (χ4v) is 1.86. The van der Waals surface area contributed by atoms with E-state index in [4.69, 9.17) is 4.74 Å². The first-order valence-electron chi connectivity index (χ1n) is 6.76. The van der Waals surface area contributed by atoms with Crippen LogP contribution >= 0.6 is 0 Å². The molecule has 2 N–H and O–H groups in total. The molecule has 1 heterocycles. The second-order valence-corrected chi connectivity index (χ2v) is 4.66. The highest BCUT2D eigenvalue weighted by Crippen LogP contribution is 2.17. The van der Waals surface area contributed by atoms with E-state index < -0.39 is 11.8 Å². The molecule has 0 aliphatic carbocycles. The van der Waals surface area contributed by atoms with E-state index >= 15 is 0 Å². The van der Waals surface area contributed by atoms with Crippen LogP contribution in [0, 0.1) is 0 Å². The minimum absolute atomic E-state index is 0.293. The second kappa shape index (κ2) is 7.21. The Balaban J connectivity index is 1.93. The van der Waals surface area contributed by atoms with E-state index in [1.807, 2.05) is 12.1 Å². The second-order valence-electron chi connectivity index (χ2n) is 4.66. The predicted octanol–water partition coefficient (Wildman–Crippen LogP) is 1.91. The zero-order valence-corrected chi connectivity index (χ0v) is 12.4. The molecule has 2 aromatic rings. The third kappa shape index (κ3) is 4.05. The van der Waals surface area contributed by atoms with Gasteiger partial charge < -0.3 is 15.4 Å². The number of hydrogen-bond acceptors (Lipinski definition) is 4. The number of carbonyl (C=O) groups excluding carboxylic acids is 2. The van der Waals surface area contributed by atoms with Gasteiger partial charge in [0, 0.05) is 6.20 Å². The zero-order chi connectivity index (χ0) is 15.9. The van der Waals surface area contributed by atoms with Gasteiger partial charge in [-0.2, -0.15) is 0 Å². The number of carbonyl (C=O) groups is 2. The molecule has 2 amide bonds. The lowest BCUT2D eigenvalue weighted by Gasteiger charge is -2.14. The number of hydrogen-bond donors (Lipinski definition) is 2. The van der Waals surface area contributed by atoms with E-state index in [2.05, 4.69) is 15.6 Å². The molecular formula is C16H17N3O3. The summed E-state index contributed by atoms with van der Waals surface area (Å²) in [5, 5.41) is 5.12. The zero-order valence-electron chi connectivity index (χ0n) is 12.4. The van der Waals surface area contributed by atoms with Gasteiger partial charge in [0.2, 0.25) is 0 Å². The van der Waals surface area contributed by atoms with Crippen LogP contribution < -0.4 is 15.4 Å². The summed E-state index contributed by atoms with van der Waals surface area (Å²) in [6.45, 7) is 1.80. The first kappa shape index (κ1) is 15.5. The van der Waals surface area contributed by atoms with Crippen LogP contribution in [0.3, 0.4) is 0 Å². The summed E-state index contributed by atoms with van der Waals surface area (Å²) in [6.07, 6.45) is 3.06. The molecule has 6 heteroatoms. The Labute approximate surface area is 128 Å². The first-order valence-corrected chi connectivity index (χ1v) is 6.76. The minimum atomic E-state index is -0.728. The van der Waals surface area contributed by atoms with Gasteiger partial charge in [-0.05, 0) is 36.8 Å². The summed E-state index contributed by atoms with van der Waals surface area (Å²) in [6, 6.07) is 10.3. The molecule has 0 aliphatic heterocycles. The van der Waals surface area contributed by atoms with E-state index in [1.165, 1.54) is 6.20 Å². The molecule has 0 spiro atoms. The van der Waals surface area contributed by atoms with Crippen molar-refractivity contribution in [3.8, 4) is 5.75 Å². The third-order valence-electron chi connectivity index (χ3n) is 3.09. The van der Waals surface area contributed by atoms with Gasteiger partial charge in [0.1, 0.15) is 5.75 Å². The number of amides is 2. The molecule has 1 atom stereocenters. The lowest BCUT2D eigenvalue weighted by atomic mass is 10.1. The van der Waals surface area contributed by atoms with Crippen molar-refractivity contribution in [3.05, 3.63) is 54.4 Å². The molecule has 1 unspecified atom stereocenters. The van der Waals surface area contributed by atoms with E-state index in [0.717, 1.165) is 11.3 Å². The van der Waals surface area contributed by atoms with Gasteiger partial charge >= 0.3 is 11.8 Å². The Hall–Kier alpha value is -2.89. The van der Waals surface area contributed by atoms with E-state index in [1.54, 1.807) is 44.5 Å². The molecule has 0 radical (unpaired) electrons. The maximum atomic E-state index is 11.9. The van der Waals surface area contributed by atoms with E-state index in [0.29, 0.717) is 5.69 Å². The van der Waals surface area contributed by atoms with E-state index in [9.17, 15) is 9.59 Å². The van der Waals surface area contributed by atoms with E-state index in [-0.39, 0.29) is 6.04 Å². The minimum Gasteiger partial charge on any atom is -0.497 e. The number of rotatable bonds is 4. The number of methoxy groups -OCH3 is 1. The Morgan fingerprint density at radius 1 is 1.14 bits per heavy atom. The number of aromatic nitrogens is 1. The summed E-state index contributed by atoms with van der Waals surface area (Å²) in [5.74, 6) is -0.697. The Morgan fingerprint density at radius 3 is 2.45 bits per heavy atom. The molecule has 0 fully saturated rings. The molecule has 1 aromatic carbocycles. The largest absolute Gasteiger partial charge is 0.497 e. The van der Waals surface area contributed by atoms with Crippen molar-refractivity contribution in [2.45, 2.75) is 13.0 Å². The van der Waals surface area contributed by atoms with Gasteiger partial charge in [-0.1, -0.05) is 12.1 Å². The van der Waals surface area contributed by atoms with Gasteiger partial charge in [-0.3, -0.25) is 14.6 Å². The number of nitrogens with one attached hydrogen (secondary N) is 2. The summed E-state index contributed by atoms with van der Waals surface area (Å²) in [7, 11) is 1.59. The number of ether oxygens (including phenoxy) is 1. The molecule has 114 valence electrons. The summed E-state index contributed by atoms with van der Waals surface area (Å²) in [5.41, 5.74) is 1.35. The summed E-state index contributed by atoms with van der Waals surface area (Å²) >= 11 is 0. The Morgan fingerprint density at radius 2 is 1.86 bits per heavy atom. The molecule has 0 saturated carbocycles. The van der Waals surface area contributed by atoms with Crippen LogP contribution in [0.4, 0.5) is 5.69 Å². The molecule has 22 heavy (non-hydrogen) atoms. The average Bonchev–Trinajstić information content (AvgIpc) is 2.55. The van der Waals surface area contributed by atoms with Crippen molar-refractivity contribution in [2.75, 3.05) is 12.4 Å². The van der Waals surface area contributed by atoms with Crippen LogP contribution in [0.5, 0.6) is 5.75 Å². The van der Waals surface area contributed by atoms with Gasteiger partial charge in [0.15, 0.2) is 0 Å². The van der Waals surface area contributed by atoms with Gasteiger partial charge in [0.25, 0.3) is 0 Å². The van der Waals surface area contributed by atoms with Crippen molar-refractivity contribution >= 4 is 17.5 Å². The van der Waals surface area contributed by atoms with Crippen LogP contribution in [-0.2, 0) is 9.59 Å². The van der Waals surface area contributed by atoms with Crippen molar-refractivity contribution in [1.29, 1.82) is 0 Å². The first-order chi connectivity index (χ1) is 10.6. The molecule has 6 nitrogen and oxygen atoms in total. The molecular weight excluding hydrogens is 282 g/mol. The van der Waals surface area contributed by atoms with Crippen LogP contribution in [0.1, 0.15) is 18.5 Å². The highest BCUT2D eigenvalue weighted by atomic mass is 16.5. The number of benzene rings is 1. The molecule has 0 aliphatic rings. The predicted molar refractivity (Wildman–Crippen MR) is 82.4 cm³/mol. The Bertz CT molecular complexity index is 641. The average molecular weight is 299 g/mol. The maximum absolute atomic E-state index is 11.9. The van der Waals surface area contributed by atoms with Gasteiger partial charge in [-0.15, -0.1) is 0 Å². The number of anilines is 1. The topological polar surface area (TPSA) is 80.3 Å². The van der Waals surface area contributed by atoms with Crippen molar-refractivity contribution in [2.24, 2.45) is 0 Å². The highest BCUT2D eigenvalue weighted by Gasteiger charge is 2.17. The third-order valence-corrected chi connectivity index (χ3v) is 3.09. The number of nitrogens with zero attached hydrogens (tertiary/aromatic N) is 1. The van der Waals surface area contributed by atoms with Crippen molar-refractivity contribution < 1.29 is 14.3 Å². The normalized spacial score (nSPS) is 11.4. The molecule has 0 saturated heterocycles. The maximum Gasteiger partial charge on any atom is 0.313 e. The summed E-state index contributed by atoms with van der Waals surface area (Å²) < 4.78 is 5.08. The van der Waals surface area contributed by atoms with Gasteiger partial charge in [0.05, 0.1) is 25.0 Å². The lowest BCUT2D eigenvalue weighted by Crippen LogP contribution is -2.36. The smallest absolute Gasteiger partial charge is 0.313 e. The van der Waals surface area contributed by atoms with Crippen LogP contribution in [0.25, 0.3) is 0 Å². The summed E-state index contributed by atoms with van der Waals surface area (Å²) in [4.78, 5) is 27.6. The SMILES string of the molecule is COc1ccc(C(C)NC(=O)C(=O)Nc2cccnc2)cc1.